The van der Waals surface area contributed by atoms with Gasteiger partial charge in [-0.3, -0.25) is 4.57 Å². The number of nitrogens with zero attached hydrogens (tertiary/aromatic N) is 2. The Bertz CT molecular complexity index is 707. The molecule has 2 aromatic heterocycles. The van der Waals surface area contributed by atoms with Crippen molar-refractivity contribution in [3.8, 4) is 5.69 Å². The van der Waals surface area contributed by atoms with Gasteiger partial charge in [-0.25, -0.2) is 4.98 Å². The Balaban J connectivity index is 1.66. The predicted octanol–water partition coefficient (Wildman–Crippen LogP) is 3.07. The van der Waals surface area contributed by atoms with E-state index in [2.05, 4.69) is 27.0 Å². The van der Waals surface area contributed by atoms with Crippen LogP contribution in [-0.4, -0.2) is 21.2 Å². The minimum atomic E-state index is -0.464. The van der Waals surface area contributed by atoms with Crippen molar-refractivity contribution in [3.63, 3.8) is 0 Å². The first-order chi connectivity index (χ1) is 10.8. The summed E-state index contributed by atoms with van der Waals surface area (Å²) in [5.41, 5.74) is 2.19. The molecule has 0 aliphatic carbocycles. The average Bonchev–Trinajstić information content (AvgIpc) is 3.18. The van der Waals surface area contributed by atoms with E-state index in [1.165, 1.54) is 0 Å². The van der Waals surface area contributed by atoms with E-state index >= 15 is 0 Å². The Morgan fingerprint density at radius 3 is 2.77 bits per heavy atom. The van der Waals surface area contributed by atoms with Gasteiger partial charge in [0.15, 0.2) is 0 Å². The van der Waals surface area contributed by atoms with Crippen molar-refractivity contribution in [2.24, 2.45) is 0 Å². The Hall–Kier alpha value is -1.95. The summed E-state index contributed by atoms with van der Waals surface area (Å²) < 4.78 is 2.13. The summed E-state index contributed by atoms with van der Waals surface area (Å²) in [6, 6.07) is 14.1. The Labute approximate surface area is 134 Å². The van der Waals surface area contributed by atoms with Gasteiger partial charge >= 0.3 is 0 Å². The van der Waals surface area contributed by atoms with Gasteiger partial charge in [-0.05, 0) is 30.5 Å². The molecule has 0 saturated carbocycles. The van der Waals surface area contributed by atoms with Crippen molar-refractivity contribution in [2.75, 3.05) is 6.54 Å². The lowest BCUT2D eigenvalue weighted by molar-refractivity contribution is 0.178. The minimum Gasteiger partial charge on any atom is -0.386 e. The lowest BCUT2D eigenvalue weighted by atomic mass is 10.3. The highest BCUT2D eigenvalue weighted by molar-refractivity contribution is 7.10. The molecule has 0 bridgehead atoms. The lowest BCUT2D eigenvalue weighted by Crippen LogP contribution is -2.22. The number of aliphatic hydroxyl groups excluding tert-OH is 1. The highest BCUT2D eigenvalue weighted by atomic mass is 32.1. The van der Waals surface area contributed by atoms with Gasteiger partial charge in [0.1, 0.15) is 11.9 Å². The van der Waals surface area contributed by atoms with E-state index in [1.54, 1.807) is 11.3 Å². The molecule has 114 valence electrons. The van der Waals surface area contributed by atoms with Gasteiger partial charge in [0.2, 0.25) is 0 Å². The number of nitrogens with one attached hydrogen (secondary N) is 1. The molecule has 1 atom stereocenters. The van der Waals surface area contributed by atoms with Crippen molar-refractivity contribution in [1.82, 2.24) is 14.9 Å². The van der Waals surface area contributed by atoms with E-state index < -0.39 is 6.10 Å². The third kappa shape index (κ3) is 3.27. The van der Waals surface area contributed by atoms with E-state index in [1.807, 2.05) is 48.8 Å². The molecule has 3 rings (SSSR count). The van der Waals surface area contributed by atoms with E-state index in [9.17, 15) is 5.11 Å². The SMILES string of the molecule is Cc1ncc(CNCC(O)c2cccs2)n1-c1ccccc1. The van der Waals surface area contributed by atoms with Crippen molar-refractivity contribution < 1.29 is 5.11 Å². The number of thiophene rings is 1. The molecule has 22 heavy (non-hydrogen) atoms. The van der Waals surface area contributed by atoms with Crippen LogP contribution in [0.5, 0.6) is 0 Å². The number of imidazole rings is 1. The second-order valence-electron chi connectivity index (χ2n) is 5.13. The van der Waals surface area contributed by atoms with Crippen LogP contribution >= 0.6 is 11.3 Å². The zero-order chi connectivity index (χ0) is 15.4. The molecule has 0 fully saturated rings. The average molecular weight is 313 g/mol. The van der Waals surface area contributed by atoms with Crippen LogP contribution in [0, 0.1) is 6.92 Å². The van der Waals surface area contributed by atoms with Crippen LogP contribution in [0.1, 0.15) is 22.5 Å². The summed E-state index contributed by atoms with van der Waals surface area (Å²) in [6.07, 6.45) is 1.42. The van der Waals surface area contributed by atoms with Crippen LogP contribution < -0.4 is 5.32 Å². The Morgan fingerprint density at radius 1 is 1.23 bits per heavy atom. The number of rotatable bonds is 6. The lowest BCUT2D eigenvalue weighted by Gasteiger charge is -2.13. The molecule has 0 aliphatic heterocycles. The normalized spacial score (nSPS) is 12.5. The van der Waals surface area contributed by atoms with Crippen LogP contribution in [0.15, 0.2) is 54.0 Å². The first-order valence-electron chi connectivity index (χ1n) is 7.26. The van der Waals surface area contributed by atoms with Crippen LogP contribution in [0.2, 0.25) is 0 Å². The number of para-hydroxylation sites is 1. The second-order valence-corrected chi connectivity index (χ2v) is 6.11. The topological polar surface area (TPSA) is 50.1 Å². The number of aliphatic hydroxyl groups is 1. The zero-order valence-electron chi connectivity index (χ0n) is 12.4. The number of benzene rings is 1. The summed E-state index contributed by atoms with van der Waals surface area (Å²) in [5, 5.41) is 15.4. The highest BCUT2D eigenvalue weighted by Crippen LogP contribution is 2.18. The van der Waals surface area contributed by atoms with Gasteiger partial charge in [0, 0.05) is 23.7 Å². The number of hydrogen-bond acceptors (Lipinski definition) is 4. The van der Waals surface area contributed by atoms with Crippen LogP contribution in [0.3, 0.4) is 0 Å². The fourth-order valence-electron chi connectivity index (χ4n) is 2.46. The molecule has 0 aliphatic rings. The molecule has 1 unspecified atom stereocenters. The van der Waals surface area contributed by atoms with Crippen LogP contribution in [0.25, 0.3) is 5.69 Å². The third-order valence-corrected chi connectivity index (χ3v) is 4.51. The maximum absolute atomic E-state index is 10.1. The molecule has 0 radical (unpaired) electrons. The standard InChI is InChI=1S/C17H19N3OS/c1-13-19-11-15(20(13)14-6-3-2-4-7-14)10-18-12-16(21)17-8-5-9-22-17/h2-9,11,16,18,21H,10,12H2,1H3. The molecule has 5 heteroatoms. The largest absolute Gasteiger partial charge is 0.386 e. The van der Waals surface area contributed by atoms with Crippen molar-refractivity contribution in [2.45, 2.75) is 19.6 Å². The van der Waals surface area contributed by atoms with Gasteiger partial charge in [-0.1, -0.05) is 24.3 Å². The fourth-order valence-corrected chi connectivity index (χ4v) is 3.18. The van der Waals surface area contributed by atoms with Crippen molar-refractivity contribution in [1.29, 1.82) is 0 Å². The fraction of sp³-hybridized carbons (Fsp3) is 0.235. The first-order valence-corrected chi connectivity index (χ1v) is 8.14. The number of aromatic nitrogens is 2. The number of aryl methyl sites for hydroxylation is 1. The summed E-state index contributed by atoms with van der Waals surface area (Å²) in [5.74, 6) is 0.960. The number of hydrogen-bond donors (Lipinski definition) is 2. The molecule has 1 aromatic carbocycles. The predicted molar refractivity (Wildman–Crippen MR) is 89.3 cm³/mol. The molecule has 0 saturated heterocycles. The minimum absolute atomic E-state index is 0.464. The Morgan fingerprint density at radius 2 is 2.05 bits per heavy atom. The molecular weight excluding hydrogens is 294 g/mol. The van der Waals surface area contributed by atoms with Gasteiger partial charge in [-0.15, -0.1) is 11.3 Å². The smallest absolute Gasteiger partial charge is 0.110 e. The van der Waals surface area contributed by atoms with Gasteiger partial charge in [0.05, 0.1) is 11.9 Å². The maximum atomic E-state index is 10.1. The van der Waals surface area contributed by atoms with E-state index in [0.29, 0.717) is 13.1 Å². The second kappa shape index (κ2) is 6.87. The maximum Gasteiger partial charge on any atom is 0.110 e. The van der Waals surface area contributed by atoms with Crippen molar-refractivity contribution >= 4 is 11.3 Å². The highest BCUT2D eigenvalue weighted by Gasteiger charge is 2.11. The summed E-state index contributed by atoms with van der Waals surface area (Å²) >= 11 is 1.57. The Kier molecular flexibility index (Phi) is 4.68. The first kappa shape index (κ1) is 15.0. The molecular formula is C17H19N3OS. The molecule has 4 nitrogen and oxygen atoms in total. The van der Waals surface area contributed by atoms with Crippen molar-refractivity contribution in [3.05, 3.63) is 70.4 Å². The quantitative estimate of drug-likeness (QED) is 0.735. The molecule has 0 amide bonds. The summed E-state index contributed by atoms with van der Waals surface area (Å²) in [7, 11) is 0. The monoisotopic (exact) mass is 313 g/mol. The third-order valence-electron chi connectivity index (χ3n) is 3.54. The van der Waals surface area contributed by atoms with E-state index in [0.717, 1.165) is 22.1 Å². The molecule has 2 heterocycles. The molecule has 3 aromatic rings. The van der Waals surface area contributed by atoms with Gasteiger partial charge < -0.3 is 10.4 Å². The molecule has 2 N–H and O–H groups in total. The summed E-state index contributed by atoms with van der Waals surface area (Å²) in [6.45, 7) is 3.19. The zero-order valence-corrected chi connectivity index (χ0v) is 13.3. The van der Waals surface area contributed by atoms with E-state index in [-0.39, 0.29) is 0 Å². The van der Waals surface area contributed by atoms with Gasteiger partial charge in [0.25, 0.3) is 0 Å². The van der Waals surface area contributed by atoms with Gasteiger partial charge in [-0.2, -0.15) is 0 Å². The molecule has 0 spiro atoms. The van der Waals surface area contributed by atoms with E-state index in [4.69, 9.17) is 0 Å². The van der Waals surface area contributed by atoms with Crippen LogP contribution in [-0.2, 0) is 6.54 Å². The van der Waals surface area contributed by atoms with Crippen LogP contribution in [0.4, 0.5) is 0 Å². The summed E-state index contributed by atoms with van der Waals surface area (Å²) in [4.78, 5) is 5.39.